The second kappa shape index (κ2) is 16.3. The Hall–Kier alpha value is -0.180. The number of carboxylic acids is 1. The van der Waals surface area contributed by atoms with Gasteiger partial charge in [0.05, 0.1) is 5.41 Å². The molecular formula is C21H42O2S. The fourth-order valence-electron chi connectivity index (χ4n) is 3.41. The lowest BCUT2D eigenvalue weighted by Crippen LogP contribution is -2.33. The van der Waals surface area contributed by atoms with Crippen molar-refractivity contribution in [1.29, 1.82) is 0 Å². The van der Waals surface area contributed by atoms with Crippen molar-refractivity contribution < 1.29 is 9.90 Å². The van der Waals surface area contributed by atoms with Crippen LogP contribution in [-0.4, -0.2) is 16.8 Å². The summed E-state index contributed by atoms with van der Waals surface area (Å²) in [7, 11) is 0. The summed E-state index contributed by atoms with van der Waals surface area (Å²) in [6, 6.07) is 0. The lowest BCUT2D eigenvalue weighted by Gasteiger charge is -2.28. The maximum atomic E-state index is 11.8. The second-order valence-electron chi connectivity index (χ2n) is 7.49. The maximum Gasteiger partial charge on any atom is 0.310 e. The highest BCUT2D eigenvalue weighted by Gasteiger charge is 2.35. The van der Waals surface area contributed by atoms with Crippen LogP contribution in [0.1, 0.15) is 117 Å². The van der Waals surface area contributed by atoms with Gasteiger partial charge < -0.3 is 5.11 Å². The van der Waals surface area contributed by atoms with Crippen molar-refractivity contribution in [3.8, 4) is 0 Å². The fraction of sp³-hybridized carbons (Fsp3) is 0.952. The molecule has 0 aromatic carbocycles. The predicted octanol–water partition coefficient (Wildman–Crippen LogP) is 7.27. The molecule has 0 unspecified atom stereocenters. The Labute approximate surface area is 156 Å². The van der Waals surface area contributed by atoms with Gasteiger partial charge in [0.2, 0.25) is 0 Å². The van der Waals surface area contributed by atoms with E-state index >= 15 is 0 Å². The molecule has 0 fully saturated rings. The lowest BCUT2D eigenvalue weighted by molar-refractivity contribution is -0.148. The van der Waals surface area contributed by atoms with Crippen molar-refractivity contribution in [2.45, 2.75) is 117 Å². The van der Waals surface area contributed by atoms with Crippen LogP contribution in [-0.2, 0) is 4.79 Å². The van der Waals surface area contributed by atoms with Crippen LogP contribution in [0.3, 0.4) is 0 Å². The molecule has 24 heavy (non-hydrogen) atoms. The molecule has 0 aliphatic rings. The highest BCUT2D eigenvalue weighted by molar-refractivity contribution is 7.80. The van der Waals surface area contributed by atoms with Crippen LogP contribution >= 0.6 is 12.6 Å². The van der Waals surface area contributed by atoms with Crippen molar-refractivity contribution in [2.24, 2.45) is 5.41 Å². The molecule has 0 bridgehead atoms. The number of carboxylic acid groups (broad SMARTS) is 1. The fourth-order valence-corrected chi connectivity index (χ4v) is 3.86. The number of hydrogen-bond donors (Lipinski definition) is 2. The van der Waals surface area contributed by atoms with Gasteiger partial charge in [-0.3, -0.25) is 4.79 Å². The van der Waals surface area contributed by atoms with Crippen molar-refractivity contribution >= 4 is 18.6 Å². The van der Waals surface area contributed by atoms with Gasteiger partial charge in [0.1, 0.15) is 0 Å². The molecule has 0 aromatic heterocycles. The van der Waals surface area contributed by atoms with E-state index in [2.05, 4.69) is 26.5 Å². The van der Waals surface area contributed by atoms with E-state index in [1.165, 1.54) is 77.0 Å². The number of aliphatic carboxylic acids is 1. The van der Waals surface area contributed by atoms with Gasteiger partial charge in [-0.05, 0) is 12.8 Å². The molecule has 0 saturated carbocycles. The standard InChI is InChI=1S/C21H42O2S/c1-3-5-7-9-11-13-15-17-21(19-24,20(22)23)18-16-14-12-10-8-6-4-2/h24H,3-19H2,1-2H3,(H,22,23). The summed E-state index contributed by atoms with van der Waals surface area (Å²) in [4.78, 5) is 11.8. The summed E-state index contributed by atoms with van der Waals surface area (Å²) in [5.74, 6) is -0.150. The zero-order chi connectivity index (χ0) is 18.1. The quantitative estimate of drug-likeness (QED) is 0.200. The van der Waals surface area contributed by atoms with Gasteiger partial charge in [-0.1, -0.05) is 104 Å². The topological polar surface area (TPSA) is 37.3 Å². The summed E-state index contributed by atoms with van der Waals surface area (Å²) in [6.45, 7) is 4.47. The first-order valence-electron chi connectivity index (χ1n) is 10.5. The predicted molar refractivity (Wildman–Crippen MR) is 109 cm³/mol. The summed E-state index contributed by atoms with van der Waals surface area (Å²) in [5, 5.41) is 9.72. The molecule has 2 nitrogen and oxygen atoms in total. The minimum absolute atomic E-state index is 0.480. The number of hydrogen-bond acceptors (Lipinski definition) is 2. The summed E-state index contributed by atoms with van der Waals surface area (Å²) in [6.07, 6.45) is 19.0. The molecule has 0 atom stereocenters. The smallest absolute Gasteiger partial charge is 0.310 e. The van der Waals surface area contributed by atoms with Crippen molar-refractivity contribution in [3.05, 3.63) is 0 Å². The van der Waals surface area contributed by atoms with Crippen LogP contribution in [0.5, 0.6) is 0 Å². The van der Waals surface area contributed by atoms with Gasteiger partial charge in [0.15, 0.2) is 0 Å². The van der Waals surface area contributed by atoms with Crippen LogP contribution in [0, 0.1) is 5.41 Å². The van der Waals surface area contributed by atoms with Gasteiger partial charge >= 0.3 is 5.97 Å². The largest absolute Gasteiger partial charge is 0.481 e. The third-order valence-electron chi connectivity index (χ3n) is 5.27. The van der Waals surface area contributed by atoms with Crippen LogP contribution in [0.25, 0.3) is 0 Å². The Kier molecular flexibility index (Phi) is 16.2. The average Bonchev–Trinajstić information content (AvgIpc) is 2.58. The van der Waals surface area contributed by atoms with E-state index in [4.69, 9.17) is 0 Å². The molecule has 144 valence electrons. The first kappa shape index (κ1) is 23.8. The highest BCUT2D eigenvalue weighted by atomic mass is 32.1. The summed E-state index contributed by atoms with van der Waals surface area (Å²) >= 11 is 4.40. The van der Waals surface area contributed by atoms with Gasteiger partial charge in [-0.2, -0.15) is 12.6 Å². The molecule has 0 heterocycles. The Bertz CT molecular complexity index is 274. The molecule has 0 radical (unpaired) electrons. The molecule has 3 heteroatoms. The Morgan fingerprint density at radius 2 is 1.04 bits per heavy atom. The van der Waals surface area contributed by atoms with E-state index in [0.29, 0.717) is 5.75 Å². The summed E-state index contributed by atoms with van der Waals surface area (Å²) < 4.78 is 0. The Balaban J connectivity index is 3.97. The second-order valence-corrected chi connectivity index (χ2v) is 7.80. The van der Waals surface area contributed by atoms with Crippen LogP contribution < -0.4 is 0 Å². The molecule has 0 amide bonds. The van der Waals surface area contributed by atoms with Gasteiger partial charge in [0, 0.05) is 5.75 Å². The van der Waals surface area contributed by atoms with Crippen LogP contribution in [0.15, 0.2) is 0 Å². The van der Waals surface area contributed by atoms with E-state index < -0.39 is 11.4 Å². The minimum atomic E-state index is -0.630. The highest BCUT2D eigenvalue weighted by Crippen LogP contribution is 2.33. The van der Waals surface area contributed by atoms with Crippen LogP contribution in [0.4, 0.5) is 0 Å². The van der Waals surface area contributed by atoms with E-state index in [0.717, 1.165) is 25.7 Å². The average molecular weight is 359 g/mol. The number of carbonyl (C=O) groups is 1. The SMILES string of the molecule is CCCCCCCCCC(CS)(CCCCCCCCC)C(=O)O. The molecule has 0 aliphatic heterocycles. The van der Waals surface area contributed by atoms with E-state index in [1.54, 1.807) is 0 Å². The van der Waals surface area contributed by atoms with Gasteiger partial charge in [0.25, 0.3) is 0 Å². The molecule has 0 aliphatic carbocycles. The molecule has 1 N–H and O–H groups in total. The van der Waals surface area contributed by atoms with E-state index in [1.807, 2.05) is 0 Å². The van der Waals surface area contributed by atoms with Gasteiger partial charge in [-0.25, -0.2) is 0 Å². The molecule has 0 aromatic rings. The minimum Gasteiger partial charge on any atom is -0.481 e. The van der Waals surface area contributed by atoms with E-state index in [-0.39, 0.29) is 0 Å². The molecule has 0 rings (SSSR count). The lowest BCUT2D eigenvalue weighted by atomic mass is 9.79. The first-order chi connectivity index (χ1) is 11.6. The Morgan fingerprint density at radius 1 is 0.708 bits per heavy atom. The summed E-state index contributed by atoms with van der Waals surface area (Å²) in [5.41, 5.74) is -0.587. The van der Waals surface area contributed by atoms with Crippen molar-refractivity contribution in [1.82, 2.24) is 0 Å². The zero-order valence-corrected chi connectivity index (χ0v) is 17.2. The molecular weight excluding hydrogens is 316 g/mol. The number of rotatable bonds is 18. The van der Waals surface area contributed by atoms with E-state index in [9.17, 15) is 9.90 Å². The third kappa shape index (κ3) is 11.4. The first-order valence-corrected chi connectivity index (χ1v) is 11.1. The third-order valence-corrected chi connectivity index (χ3v) is 5.88. The molecule has 0 spiro atoms. The number of unbranched alkanes of at least 4 members (excludes halogenated alkanes) is 12. The van der Waals surface area contributed by atoms with Crippen molar-refractivity contribution in [2.75, 3.05) is 5.75 Å². The Morgan fingerprint density at radius 3 is 1.33 bits per heavy atom. The zero-order valence-electron chi connectivity index (χ0n) is 16.3. The number of thiol groups is 1. The van der Waals surface area contributed by atoms with Crippen LogP contribution in [0.2, 0.25) is 0 Å². The normalized spacial score (nSPS) is 11.8. The van der Waals surface area contributed by atoms with Gasteiger partial charge in [-0.15, -0.1) is 0 Å². The molecule has 0 saturated heterocycles. The van der Waals surface area contributed by atoms with Crippen molar-refractivity contribution in [3.63, 3.8) is 0 Å². The maximum absolute atomic E-state index is 11.8. The monoisotopic (exact) mass is 358 g/mol.